The highest BCUT2D eigenvalue weighted by Gasteiger charge is 2.21. The van der Waals surface area contributed by atoms with Crippen molar-refractivity contribution in [1.29, 1.82) is 0 Å². The molecule has 27 heavy (non-hydrogen) atoms. The van der Waals surface area contributed by atoms with E-state index in [1.165, 1.54) is 30.0 Å². The number of carbonyl (C=O) groups is 1. The van der Waals surface area contributed by atoms with E-state index in [4.69, 9.17) is 11.6 Å². The first-order valence-electron chi connectivity index (χ1n) is 7.87. The number of thioether (sulfide) groups is 1. The standard InChI is InChI=1S/C16H15ClN6O3S/c1-8-6-14-20-21-16(22(14)10(3)18-8)27-9(2)15(24)19-13-7-11(23(25)26)4-5-12(13)17/h4-7,9H,1-3H3,(H,19,24). The van der Waals surface area contributed by atoms with E-state index < -0.39 is 10.2 Å². The summed E-state index contributed by atoms with van der Waals surface area (Å²) < 4.78 is 1.77. The van der Waals surface area contributed by atoms with Crippen LogP contribution in [-0.2, 0) is 4.79 Å². The first-order chi connectivity index (χ1) is 12.8. The molecule has 2 aromatic heterocycles. The number of benzene rings is 1. The normalized spacial score (nSPS) is 12.1. The van der Waals surface area contributed by atoms with Crippen LogP contribution in [0.2, 0.25) is 5.02 Å². The average Bonchev–Trinajstić information content (AvgIpc) is 2.99. The Morgan fingerprint density at radius 2 is 2.07 bits per heavy atom. The lowest BCUT2D eigenvalue weighted by molar-refractivity contribution is -0.384. The molecule has 0 aliphatic heterocycles. The van der Waals surface area contributed by atoms with E-state index in [9.17, 15) is 14.9 Å². The van der Waals surface area contributed by atoms with Crippen LogP contribution in [0.4, 0.5) is 11.4 Å². The van der Waals surface area contributed by atoms with Gasteiger partial charge in [0.2, 0.25) is 5.91 Å². The second-order valence-electron chi connectivity index (χ2n) is 5.79. The SMILES string of the molecule is Cc1cc2nnc(SC(C)C(=O)Nc3cc([N+](=O)[O-])ccc3Cl)n2c(C)n1. The van der Waals surface area contributed by atoms with Gasteiger partial charge in [0.15, 0.2) is 10.8 Å². The smallest absolute Gasteiger partial charge is 0.271 e. The molecule has 140 valence electrons. The summed E-state index contributed by atoms with van der Waals surface area (Å²) in [4.78, 5) is 27.2. The Bertz CT molecular complexity index is 1050. The molecule has 11 heteroatoms. The third-order valence-electron chi connectivity index (χ3n) is 3.73. The second-order valence-corrected chi connectivity index (χ2v) is 7.51. The molecule has 0 aliphatic rings. The van der Waals surface area contributed by atoms with E-state index in [1.54, 1.807) is 17.4 Å². The van der Waals surface area contributed by atoms with Gasteiger partial charge in [0.05, 0.1) is 20.9 Å². The number of anilines is 1. The maximum absolute atomic E-state index is 12.5. The number of non-ortho nitro benzene ring substituents is 1. The molecular formula is C16H15ClN6O3S. The summed E-state index contributed by atoms with van der Waals surface area (Å²) >= 11 is 7.23. The molecule has 2 heterocycles. The summed E-state index contributed by atoms with van der Waals surface area (Å²) in [6.45, 7) is 5.40. The number of aromatic nitrogens is 4. The van der Waals surface area contributed by atoms with Gasteiger partial charge in [0, 0.05) is 23.9 Å². The zero-order valence-corrected chi connectivity index (χ0v) is 16.2. The van der Waals surface area contributed by atoms with Crippen molar-refractivity contribution in [2.24, 2.45) is 0 Å². The topological polar surface area (TPSA) is 115 Å². The number of carbonyl (C=O) groups excluding carboxylic acids is 1. The highest BCUT2D eigenvalue weighted by atomic mass is 35.5. The van der Waals surface area contributed by atoms with Gasteiger partial charge in [-0.2, -0.15) is 0 Å². The Labute approximate surface area is 163 Å². The van der Waals surface area contributed by atoms with Crippen molar-refractivity contribution >= 4 is 46.3 Å². The fourth-order valence-electron chi connectivity index (χ4n) is 2.45. The van der Waals surface area contributed by atoms with Crippen molar-refractivity contribution in [3.8, 4) is 0 Å². The van der Waals surface area contributed by atoms with Crippen molar-refractivity contribution in [1.82, 2.24) is 19.6 Å². The maximum atomic E-state index is 12.5. The summed E-state index contributed by atoms with van der Waals surface area (Å²) in [5.74, 6) is 0.351. The average molecular weight is 407 g/mol. The van der Waals surface area contributed by atoms with E-state index in [2.05, 4.69) is 20.5 Å². The number of amides is 1. The predicted molar refractivity (Wildman–Crippen MR) is 102 cm³/mol. The van der Waals surface area contributed by atoms with Crippen LogP contribution in [0.3, 0.4) is 0 Å². The minimum absolute atomic E-state index is 0.157. The molecule has 0 radical (unpaired) electrons. The van der Waals surface area contributed by atoms with Crippen LogP contribution in [0.1, 0.15) is 18.4 Å². The van der Waals surface area contributed by atoms with Gasteiger partial charge in [-0.3, -0.25) is 19.3 Å². The number of nitrogens with one attached hydrogen (secondary N) is 1. The van der Waals surface area contributed by atoms with Crippen LogP contribution < -0.4 is 5.32 Å². The molecule has 0 bridgehead atoms. The lowest BCUT2D eigenvalue weighted by Gasteiger charge is -2.12. The van der Waals surface area contributed by atoms with Gasteiger partial charge in [-0.05, 0) is 26.8 Å². The number of fused-ring (bicyclic) bond motifs is 1. The zero-order valence-electron chi connectivity index (χ0n) is 14.6. The van der Waals surface area contributed by atoms with Crippen LogP contribution >= 0.6 is 23.4 Å². The third kappa shape index (κ3) is 4.01. The van der Waals surface area contributed by atoms with Gasteiger partial charge in [-0.1, -0.05) is 23.4 Å². The zero-order chi connectivity index (χ0) is 19.7. The van der Waals surface area contributed by atoms with E-state index in [1.807, 2.05) is 13.8 Å². The highest BCUT2D eigenvalue weighted by Crippen LogP contribution is 2.29. The highest BCUT2D eigenvalue weighted by molar-refractivity contribution is 8.00. The number of halogens is 1. The Hall–Kier alpha value is -2.72. The van der Waals surface area contributed by atoms with Gasteiger partial charge in [0.1, 0.15) is 5.82 Å². The minimum Gasteiger partial charge on any atom is -0.324 e. The Morgan fingerprint density at radius 1 is 1.33 bits per heavy atom. The van der Waals surface area contributed by atoms with E-state index in [0.717, 1.165) is 5.69 Å². The molecule has 1 aromatic carbocycles. The number of aryl methyl sites for hydroxylation is 2. The van der Waals surface area contributed by atoms with Crippen LogP contribution in [0.15, 0.2) is 29.4 Å². The Balaban J connectivity index is 1.79. The van der Waals surface area contributed by atoms with Crippen molar-refractivity contribution < 1.29 is 9.72 Å². The van der Waals surface area contributed by atoms with Crippen molar-refractivity contribution in [2.45, 2.75) is 31.2 Å². The maximum Gasteiger partial charge on any atom is 0.271 e. The molecular weight excluding hydrogens is 392 g/mol. The van der Waals surface area contributed by atoms with Crippen LogP contribution in [0.5, 0.6) is 0 Å². The number of rotatable bonds is 5. The van der Waals surface area contributed by atoms with Crippen molar-refractivity contribution in [3.63, 3.8) is 0 Å². The number of hydrogen-bond donors (Lipinski definition) is 1. The largest absolute Gasteiger partial charge is 0.324 e. The predicted octanol–water partition coefficient (Wildman–Crippen LogP) is 3.42. The van der Waals surface area contributed by atoms with Crippen LogP contribution in [0.25, 0.3) is 5.65 Å². The number of nitro groups is 1. The molecule has 9 nitrogen and oxygen atoms in total. The number of hydrogen-bond acceptors (Lipinski definition) is 7. The van der Waals surface area contributed by atoms with E-state index in [-0.39, 0.29) is 22.3 Å². The number of nitrogens with zero attached hydrogens (tertiary/aromatic N) is 5. The van der Waals surface area contributed by atoms with Crippen LogP contribution in [0, 0.1) is 24.0 Å². The van der Waals surface area contributed by atoms with E-state index >= 15 is 0 Å². The number of nitro benzene ring substituents is 1. The first kappa shape index (κ1) is 19.1. The minimum atomic E-state index is -0.551. The Morgan fingerprint density at radius 3 is 2.78 bits per heavy atom. The fraction of sp³-hybridized carbons (Fsp3) is 0.250. The first-order valence-corrected chi connectivity index (χ1v) is 9.13. The molecule has 3 rings (SSSR count). The fourth-order valence-corrected chi connectivity index (χ4v) is 3.51. The van der Waals surface area contributed by atoms with Gasteiger partial charge < -0.3 is 5.32 Å². The lowest BCUT2D eigenvalue weighted by atomic mass is 10.2. The summed E-state index contributed by atoms with van der Waals surface area (Å²) in [7, 11) is 0. The van der Waals surface area contributed by atoms with Gasteiger partial charge in [-0.25, -0.2) is 4.98 Å². The summed E-state index contributed by atoms with van der Waals surface area (Å²) in [5, 5.41) is 21.9. The van der Waals surface area contributed by atoms with Crippen molar-refractivity contribution in [3.05, 3.63) is 50.9 Å². The third-order valence-corrected chi connectivity index (χ3v) is 5.10. The molecule has 1 N–H and O–H groups in total. The quantitative estimate of drug-likeness (QED) is 0.392. The van der Waals surface area contributed by atoms with Crippen LogP contribution in [-0.4, -0.2) is 35.7 Å². The second kappa shape index (κ2) is 7.49. The monoisotopic (exact) mass is 406 g/mol. The van der Waals surface area contributed by atoms with Crippen molar-refractivity contribution in [2.75, 3.05) is 5.32 Å². The molecule has 1 amide bonds. The Kier molecular flexibility index (Phi) is 5.29. The van der Waals surface area contributed by atoms with Gasteiger partial charge in [0.25, 0.3) is 5.69 Å². The molecule has 1 atom stereocenters. The molecule has 0 saturated carbocycles. The van der Waals surface area contributed by atoms with Gasteiger partial charge in [-0.15, -0.1) is 10.2 Å². The summed E-state index contributed by atoms with van der Waals surface area (Å²) in [6.07, 6.45) is 0. The molecule has 3 aromatic rings. The summed E-state index contributed by atoms with van der Waals surface area (Å²) in [6, 6.07) is 5.67. The molecule has 0 fully saturated rings. The van der Waals surface area contributed by atoms with E-state index in [0.29, 0.717) is 16.6 Å². The van der Waals surface area contributed by atoms with Gasteiger partial charge >= 0.3 is 0 Å². The molecule has 0 spiro atoms. The molecule has 0 aliphatic carbocycles. The molecule has 1 unspecified atom stereocenters. The lowest BCUT2D eigenvalue weighted by Crippen LogP contribution is -2.23. The molecule has 0 saturated heterocycles. The summed E-state index contributed by atoms with van der Waals surface area (Å²) in [5.41, 5.74) is 1.50.